The van der Waals surface area contributed by atoms with Crippen molar-refractivity contribution in [1.29, 1.82) is 0 Å². The Bertz CT molecular complexity index is 665. The van der Waals surface area contributed by atoms with Gasteiger partial charge in [-0.1, -0.05) is 44.2 Å². The lowest BCUT2D eigenvalue weighted by Gasteiger charge is -2.22. The maximum Gasteiger partial charge on any atom is 0.435 e. The zero-order valence-electron chi connectivity index (χ0n) is 13.5. The van der Waals surface area contributed by atoms with Gasteiger partial charge in [0.2, 0.25) is 5.91 Å². The standard InChI is InChI=1S/C17H20F3N3O/c1-12(2)14(13-6-4-3-5-7-13)10-21-16(24)11-23-9-8-15(22-23)17(18,19)20/h3-9,12,14H,10-11H2,1-2H3,(H,21,24)/t14-/m0/s1. The Hall–Kier alpha value is -2.31. The van der Waals surface area contributed by atoms with Gasteiger partial charge in [0.15, 0.2) is 5.69 Å². The van der Waals surface area contributed by atoms with Crippen molar-refractivity contribution in [1.82, 2.24) is 15.1 Å². The van der Waals surface area contributed by atoms with E-state index in [9.17, 15) is 18.0 Å². The second-order valence-corrected chi connectivity index (χ2v) is 5.96. The van der Waals surface area contributed by atoms with Crippen LogP contribution in [-0.2, 0) is 17.5 Å². The van der Waals surface area contributed by atoms with Gasteiger partial charge in [-0.3, -0.25) is 9.48 Å². The smallest absolute Gasteiger partial charge is 0.354 e. The third kappa shape index (κ3) is 4.84. The van der Waals surface area contributed by atoms with Crippen molar-refractivity contribution in [2.75, 3.05) is 6.54 Å². The molecule has 0 saturated carbocycles. The van der Waals surface area contributed by atoms with Crippen LogP contribution in [0.2, 0.25) is 0 Å². The quantitative estimate of drug-likeness (QED) is 0.876. The highest BCUT2D eigenvalue weighted by atomic mass is 19.4. The summed E-state index contributed by atoms with van der Waals surface area (Å²) < 4.78 is 38.5. The summed E-state index contributed by atoms with van der Waals surface area (Å²) >= 11 is 0. The molecule has 0 saturated heterocycles. The summed E-state index contributed by atoms with van der Waals surface area (Å²) in [6.07, 6.45) is -3.35. The van der Waals surface area contributed by atoms with Crippen LogP contribution in [0.15, 0.2) is 42.6 Å². The van der Waals surface area contributed by atoms with E-state index in [0.29, 0.717) is 12.5 Å². The molecule has 1 atom stereocenters. The number of hydrogen-bond acceptors (Lipinski definition) is 2. The molecule has 130 valence electrons. The fourth-order valence-corrected chi connectivity index (χ4v) is 2.47. The van der Waals surface area contributed by atoms with Crippen molar-refractivity contribution in [2.24, 2.45) is 5.92 Å². The van der Waals surface area contributed by atoms with Gasteiger partial charge in [-0.05, 0) is 17.5 Å². The van der Waals surface area contributed by atoms with Crippen LogP contribution >= 0.6 is 0 Å². The van der Waals surface area contributed by atoms with E-state index in [4.69, 9.17) is 0 Å². The number of hydrogen-bond donors (Lipinski definition) is 1. The Kier molecular flexibility index (Phi) is 5.64. The summed E-state index contributed by atoms with van der Waals surface area (Å²) in [7, 11) is 0. The van der Waals surface area contributed by atoms with Gasteiger partial charge in [0.05, 0.1) is 0 Å². The van der Waals surface area contributed by atoms with Gasteiger partial charge in [0.1, 0.15) is 6.54 Å². The molecule has 24 heavy (non-hydrogen) atoms. The van der Waals surface area contributed by atoms with Crippen molar-refractivity contribution in [3.05, 3.63) is 53.9 Å². The second-order valence-electron chi connectivity index (χ2n) is 5.96. The van der Waals surface area contributed by atoms with Crippen LogP contribution in [0.5, 0.6) is 0 Å². The molecule has 0 aliphatic rings. The highest BCUT2D eigenvalue weighted by Crippen LogP contribution is 2.27. The minimum absolute atomic E-state index is 0.138. The number of rotatable bonds is 6. The summed E-state index contributed by atoms with van der Waals surface area (Å²) in [5.74, 6) is 0.0844. The number of carbonyl (C=O) groups is 1. The molecule has 4 nitrogen and oxygen atoms in total. The minimum atomic E-state index is -4.50. The summed E-state index contributed by atoms with van der Waals surface area (Å²) in [5, 5.41) is 6.15. The number of nitrogens with zero attached hydrogens (tertiary/aromatic N) is 2. The molecule has 2 rings (SSSR count). The number of amides is 1. The van der Waals surface area contributed by atoms with Gasteiger partial charge in [-0.15, -0.1) is 0 Å². The van der Waals surface area contributed by atoms with E-state index >= 15 is 0 Å². The molecule has 0 unspecified atom stereocenters. The monoisotopic (exact) mass is 339 g/mol. The van der Waals surface area contributed by atoms with Crippen LogP contribution in [-0.4, -0.2) is 22.2 Å². The number of halogens is 3. The molecular formula is C17H20F3N3O. The lowest BCUT2D eigenvalue weighted by atomic mass is 9.88. The lowest BCUT2D eigenvalue weighted by Crippen LogP contribution is -2.33. The Balaban J connectivity index is 1.93. The molecule has 0 aliphatic carbocycles. The summed E-state index contributed by atoms with van der Waals surface area (Å²) in [5.41, 5.74) is 0.117. The summed E-state index contributed by atoms with van der Waals surface area (Å²) in [6, 6.07) is 10.7. The predicted octanol–water partition coefficient (Wildman–Crippen LogP) is 3.46. The first-order valence-electron chi connectivity index (χ1n) is 7.69. The summed E-state index contributed by atoms with van der Waals surface area (Å²) in [6.45, 7) is 4.31. The van der Waals surface area contributed by atoms with Crippen molar-refractivity contribution >= 4 is 5.91 Å². The highest BCUT2D eigenvalue weighted by molar-refractivity contribution is 5.75. The van der Waals surface area contributed by atoms with E-state index in [-0.39, 0.29) is 18.4 Å². The third-order valence-corrected chi connectivity index (χ3v) is 3.79. The average Bonchev–Trinajstić information content (AvgIpc) is 2.97. The number of aromatic nitrogens is 2. The average molecular weight is 339 g/mol. The third-order valence-electron chi connectivity index (χ3n) is 3.79. The maximum atomic E-state index is 12.5. The van der Waals surface area contributed by atoms with Crippen LogP contribution in [0.3, 0.4) is 0 Å². The van der Waals surface area contributed by atoms with Crippen molar-refractivity contribution in [3.63, 3.8) is 0 Å². The number of benzene rings is 1. The van der Waals surface area contributed by atoms with Crippen molar-refractivity contribution in [2.45, 2.75) is 32.5 Å². The topological polar surface area (TPSA) is 46.9 Å². The van der Waals surface area contributed by atoms with E-state index in [1.165, 1.54) is 0 Å². The summed E-state index contributed by atoms with van der Waals surface area (Å²) in [4.78, 5) is 12.0. The molecule has 0 aliphatic heterocycles. The van der Waals surface area contributed by atoms with Crippen LogP contribution in [0.4, 0.5) is 13.2 Å². The molecule has 7 heteroatoms. The molecule has 1 aromatic heterocycles. The first kappa shape index (κ1) is 18.0. The van der Waals surface area contributed by atoms with E-state index in [0.717, 1.165) is 22.5 Å². The maximum absolute atomic E-state index is 12.5. The molecule has 0 radical (unpaired) electrons. The zero-order valence-corrected chi connectivity index (χ0v) is 13.5. The first-order valence-corrected chi connectivity index (χ1v) is 7.69. The zero-order chi connectivity index (χ0) is 17.7. The molecular weight excluding hydrogens is 319 g/mol. The van der Waals surface area contributed by atoms with Crippen LogP contribution in [0, 0.1) is 5.92 Å². The highest BCUT2D eigenvalue weighted by Gasteiger charge is 2.33. The minimum Gasteiger partial charge on any atom is -0.354 e. The Morgan fingerprint density at radius 3 is 2.42 bits per heavy atom. The van der Waals surface area contributed by atoms with Gasteiger partial charge in [-0.25, -0.2) is 0 Å². The van der Waals surface area contributed by atoms with Gasteiger partial charge < -0.3 is 5.32 Å². The number of alkyl halides is 3. The van der Waals surface area contributed by atoms with Gasteiger partial charge >= 0.3 is 6.18 Å². The van der Waals surface area contributed by atoms with Crippen LogP contribution in [0.25, 0.3) is 0 Å². The second kappa shape index (κ2) is 7.51. The molecule has 1 N–H and O–H groups in total. The number of carbonyl (C=O) groups excluding carboxylic acids is 1. The molecule has 2 aromatic rings. The Labute approximate surface area is 138 Å². The van der Waals surface area contributed by atoms with Crippen LogP contribution in [0.1, 0.15) is 31.0 Å². The van der Waals surface area contributed by atoms with Gasteiger partial charge in [0.25, 0.3) is 0 Å². The molecule has 1 amide bonds. The molecule has 1 heterocycles. The van der Waals surface area contributed by atoms with E-state index in [2.05, 4.69) is 24.3 Å². The Morgan fingerprint density at radius 2 is 1.88 bits per heavy atom. The molecule has 1 aromatic carbocycles. The fourth-order valence-electron chi connectivity index (χ4n) is 2.47. The molecule has 0 fully saturated rings. The van der Waals surface area contributed by atoms with Crippen molar-refractivity contribution < 1.29 is 18.0 Å². The van der Waals surface area contributed by atoms with Crippen molar-refractivity contribution in [3.8, 4) is 0 Å². The van der Waals surface area contributed by atoms with Crippen LogP contribution < -0.4 is 5.32 Å². The van der Waals surface area contributed by atoms with Gasteiger partial charge in [-0.2, -0.15) is 18.3 Å². The molecule has 0 bridgehead atoms. The van der Waals surface area contributed by atoms with E-state index < -0.39 is 11.9 Å². The normalized spacial score (nSPS) is 13.1. The largest absolute Gasteiger partial charge is 0.435 e. The van der Waals surface area contributed by atoms with E-state index in [1.54, 1.807) is 0 Å². The number of nitrogens with one attached hydrogen (secondary N) is 1. The molecule has 0 spiro atoms. The van der Waals surface area contributed by atoms with E-state index in [1.807, 2.05) is 30.3 Å². The fraction of sp³-hybridized carbons (Fsp3) is 0.412. The predicted molar refractivity (Wildman–Crippen MR) is 84.3 cm³/mol. The Morgan fingerprint density at radius 1 is 1.21 bits per heavy atom. The van der Waals surface area contributed by atoms with Gasteiger partial charge in [0, 0.05) is 18.7 Å². The SMILES string of the molecule is CC(C)[C@H](CNC(=O)Cn1ccc(C(F)(F)F)n1)c1ccccc1. The lowest BCUT2D eigenvalue weighted by molar-refractivity contribution is -0.141. The first-order chi connectivity index (χ1) is 11.3.